The molecule has 0 saturated heterocycles. The van der Waals surface area contributed by atoms with Gasteiger partial charge in [-0.2, -0.15) is 0 Å². The normalized spacial score (nSPS) is 12.1. The molecule has 154 valence electrons. The second-order valence-electron chi connectivity index (χ2n) is 7.56. The number of ether oxygens (including phenoxy) is 1. The van der Waals surface area contributed by atoms with Crippen molar-refractivity contribution < 1.29 is 4.74 Å². The lowest BCUT2D eigenvalue weighted by atomic mass is 9.97. The van der Waals surface area contributed by atoms with E-state index < -0.39 is 0 Å². The zero-order chi connectivity index (χ0) is 20.5. The molecule has 2 aromatic carbocycles. The van der Waals surface area contributed by atoms with E-state index in [0.717, 1.165) is 29.5 Å². The number of benzene rings is 2. The van der Waals surface area contributed by atoms with Crippen LogP contribution in [0.3, 0.4) is 0 Å². The number of halogens is 1. The maximum Gasteiger partial charge on any atom is 0.125 e. The van der Waals surface area contributed by atoms with Crippen molar-refractivity contribution in [1.82, 2.24) is 9.55 Å². The first-order valence-corrected chi connectivity index (χ1v) is 11.5. The molecule has 0 aliphatic heterocycles. The van der Waals surface area contributed by atoms with Crippen LogP contribution in [0.25, 0.3) is 0 Å². The molecular weight excluding hydrogens is 424 g/mol. The van der Waals surface area contributed by atoms with E-state index in [1.807, 2.05) is 18.7 Å². The summed E-state index contributed by atoms with van der Waals surface area (Å²) in [4.78, 5) is 4.27. The van der Waals surface area contributed by atoms with Gasteiger partial charge in [-0.1, -0.05) is 73.3 Å². The number of hydrogen-bond donors (Lipinski definition) is 0. The van der Waals surface area contributed by atoms with E-state index in [1.54, 1.807) is 0 Å². The molecule has 0 aliphatic rings. The third-order valence-electron chi connectivity index (χ3n) is 5.26. The molecular formula is C25H31BrN2O. The van der Waals surface area contributed by atoms with Gasteiger partial charge >= 0.3 is 0 Å². The fourth-order valence-electron chi connectivity index (χ4n) is 3.65. The minimum atomic E-state index is 0.243. The van der Waals surface area contributed by atoms with Crippen LogP contribution in [0.2, 0.25) is 0 Å². The highest BCUT2D eigenvalue weighted by Gasteiger charge is 2.18. The van der Waals surface area contributed by atoms with Crippen LogP contribution >= 0.6 is 15.9 Å². The van der Waals surface area contributed by atoms with Gasteiger partial charge in [-0.25, -0.2) is 4.98 Å². The maximum atomic E-state index is 6.39. The van der Waals surface area contributed by atoms with Crippen LogP contribution < -0.4 is 4.74 Å². The van der Waals surface area contributed by atoms with Crippen LogP contribution in [0.1, 0.15) is 68.7 Å². The highest BCUT2D eigenvalue weighted by molar-refractivity contribution is 9.10. The van der Waals surface area contributed by atoms with E-state index in [4.69, 9.17) is 4.74 Å². The molecule has 0 spiro atoms. The molecule has 4 heteroatoms. The average Bonchev–Trinajstić information content (AvgIpc) is 3.27. The van der Waals surface area contributed by atoms with Gasteiger partial charge in [-0.3, -0.25) is 0 Å². The van der Waals surface area contributed by atoms with E-state index in [2.05, 4.69) is 81.8 Å². The van der Waals surface area contributed by atoms with E-state index in [-0.39, 0.29) is 6.04 Å². The Hall–Kier alpha value is -2.07. The van der Waals surface area contributed by atoms with Crippen LogP contribution in [-0.4, -0.2) is 9.55 Å². The third-order valence-corrected chi connectivity index (χ3v) is 5.79. The summed E-state index contributed by atoms with van der Waals surface area (Å²) in [6.45, 7) is 5.04. The molecule has 3 rings (SSSR count). The van der Waals surface area contributed by atoms with Gasteiger partial charge in [0, 0.05) is 22.4 Å². The van der Waals surface area contributed by atoms with Crippen molar-refractivity contribution >= 4 is 15.9 Å². The van der Waals surface area contributed by atoms with Crippen molar-refractivity contribution in [2.75, 3.05) is 0 Å². The second kappa shape index (κ2) is 11.2. The van der Waals surface area contributed by atoms with E-state index in [9.17, 15) is 0 Å². The van der Waals surface area contributed by atoms with Crippen molar-refractivity contribution in [2.45, 2.75) is 65.0 Å². The fraction of sp³-hybridized carbons (Fsp3) is 0.400. The summed E-state index contributed by atoms with van der Waals surface area (Å²) in [5.41, 5.74) is 3.76. The zero-order valence-corrected chi connectivity index (χ0v) is 19.1. The lowest BCUT2D eigenvalue weighted by molar-refractivity contribution is 0.298. The Balaban J connectivity index is 1.87. The molecule has 3 aromatic rings. The highest BCUT2D eigenvalue weighted by atomic mass is 79.9. The van der Waals surface area contributed by atoms with E-state index in [1.165, 1.54) is 36.0 Å². The molecule has 29 heavy (non-hydrogen) atoms. The SMILES string of the molecule is CCCCCc1ccc(C(CCC)n2ccnc2)c(OCc2ccc(Br)cc2)c1. The van der Waals surface area contributed by atoms with Crippen LogP contribution in [0, 0.1) is 0 Å². The lowest BCUT2D eigenvalue weighted by Gasteiger charge is -2.22. The molecule has 1 heterocycles. The Bertz CT molecular complexity index is 859. The number of hydrogen-bond acceptors (Lipinski definition) is 2. The molecule has 0 fully saturated rings. The monoisotopic (exact) mass is 454 g/mol. The summed E-state index contributed by atoms with van der Waals surface area (Å²) in [6, 6.07) is 15.4. The highest BCUT2D eigenvalue weighted by Crippen LogP contribution is 2.33. The van der Waals surface area contributed by atoms with Crippen LogP contribution in [0.4, 0.5) is 0 Å². The Morgan fingerprint density at radius 1 is 1.00 bits per heavy atom. The summed E-state index contributed by atoms with van der Waals surface area (Å²) in [7, 11) is 0. The maximum absolute atomic E-state index is 6.39. The summed E-state index contributed by atoms with van der Waals surface area (Å²) >= 11 is 3.50. The van der Waals surface area contributed by atoms with Crippen molar-refractivity contribution in [3.8, 4) is 5.75 Å². The van der Waals surface area contributed by atoms with Gasteiger partial charge in [0.25, 0.3) is 0 Å². The lowest BCUT2D eigenvalue weighted by Crippen LogP contribution is -2.11. The first kappa shape index (κ1) is 21.6. The first-order valence-electron chi connectivity index (χ1n) is 10.7. The first-order chi connectivity index (χ1) is 14.2. The Kier molecular flexibility index (Phi) is 8.36. The zero-order valence-electron chi connectivity index (χ0n) is 17.5. The number of unbranched alkanes of at least 4 members (excludes halogenated alkanes) is 2. The molecule has 1 unspecified atom stereocenters. The molecule has 0 bridgehead atoms. The van der Waals surface area contributed by atoms with Gasteiger partial charge in [0.05, 0.1) is 12.4 Å². The molecule has 3 nitrogen and oxygen atoms in total. The molecule has 0 aliphatic carbocycles. The van der Waals surface area contributed by atoms with Gasteiger partial charge in [0.15, 0.2) is 0 Å². The van der Waals surface area contributed by atoms with E-state index >= 15 is 0 Å². The number of aromatic nitrogens is 2. The Labute approximate surface area is 183 Å². The Morgan fingerprint density at radius 2 is 1.79 bits per heavy atom. The number of aryl methyl sites for hydroxylation is 1. The molecule has 0 N–H and O–H groups in total. The number of rotatable bonds is 11. The predicted molar refractivity (Wildman–Crippen MR) is 123 cm³/mol. The van der Waals surface area contributed by atoms with Crippen molar-refractivity contribution in [2.24, 2.45) is 0 Å². The minimum absolute atomic E-state index is 0.243. The molecule has 0 saturated carbocycles. The van der Waals surface area contributed by atoms with Crippen LogP contribution in [-0.2, 0) is 13.0 Å². The third kappa shape index (κ3) is 6.20. The summed E-state index contributed by atoms with van der Waals surface area (Å²) < 4.78 is 9.67. The number of nitrogens with zero attached hydrogens (tertiary/aromatic N) is 2. The van der Waals surface area contributed by atoms with Crippen molar-refractivity contribution in [1.29, 1.82) is 0 Å². The predicted octanol–water partition coefficient (Wildman–Crippen LogP) is 7.35. The Morgan fingerprint density at radius 3 is 2.48 bits per heavy atom. The average molecular weight is 455 g/mol. The van der Waals surface area contributed by atoms with Crippen LogP contribution in [0.5, 0.6) is 5.75 Å². The minimum Gasteiger partial charge on any atom is -0.489 e. The standard InChI is InChI=1S/C25H31BrN2O/c1-3-5-6-8-20-11-14-23(24(7-4-2)28-16-15-27-19-28)25(17-20)29-18-21-9-12-22(26)13-10-21/h9-17,19,24H,3-8,18H2,1-2H3. The van der Waals surface area contributed by atoms with Gasteiger partial charge in [-0.15, -0.1) is 0 Å². The quantitative estimate of drug-likeness (QED) is 0.283. The molecule has 1 atom stereocenters. The summed E-state index contributed by atoms with van der Waals surface area (Å²) in [6.07, 6.45) is 12.8. The van der Waals surface area contributed by atoms with Gasteiger partial charge in [-0.05, 0) is 48.6 Å². The second-order valence-corrected chi connectivity index (χ2v) is 8.47. The van der Waals surface area contributed by atoms with Crippen LogP contribution in [0.15, 0.2) is 65.7 Å². The number of imidazole rings is 1. The van der Waals surface area contributed by atoms with Crippen molar-refractivity contribution in [3.05, 3.63) is 82.3 Å². The van der Waals surface area contributed by atoms with Gasteiger partial charge < -0.3 is 9.30 Å². The van der Waals surface area contributed by atoms with Gasteiger partial charge in [0.1, 0.15) is 12.4 Å². The summed E-state index contributed by atoms with van der Waals surface area (Å²) in [5, 5.41) is 0. The van der Waals surface area contributed by atoms with Gasteiger partial charge in [0.2, 0.25) is 0 Å². The summed E-state index contributed by atoms with van der Waals surface area (Å²) in [5.74, 6) is 0.995. The largest absolute Gasteiger partial charge is 0.489 e. The molecule has 0 radical (unpaired) electrons. The topological polar surface area (TPSA) is 27.1 Å². The molecule has 1 aromatic heterocycles. The van der Waals surface area contributed by atoms with Crippen molar-refractivity contribution in [3.63, 3.8) is 0 Å². The fourth-order valence-corrected chi connectivity index (χ4v) is 3.91. The smallest absolute Gasteiger partial charge is 0.125 e. The molecule has 0 amide bonds. The van der Waals surface area contributed by atoms with E-state index in [0.29, 0.717) is 6.61 Å².